The lowest BCUT2D eigenvalue weighted by Gasteiger charge is -2.23. The number of ether oxygens (including phenoxy) is 1. The molecule has 2 N–H and O–H groups in total. The Balaban J connectivity index is 1.54. The van der Waals surface area contributed by atoms with Crippen molar-refractivity contribution in [1.29, 1.82) is 0 Å². The predicted octanol–water partition coefficient (Wildman–Crippen LogP) is 4.24. The molecule has 1 aromatic carbocycles. The van der Waals surface area contributed by atoms with Gasteiger partial charge in [-0.2, -0.15) is 5.10 Å². The maximum Gasteiger partial charge on any atom is 0.265 e. The van der Waals surface area contributed by atoms with E-state index in [9.17, 15) is 9.59 Å². The molecule has 0 spiro atoms. The van der Waals surface area contributed by atoms with Crippen LogP contribution < -0.4 is 15.4 Å². The van der Waals surface area contributed by atoms with Crippen molar-refractivity contribution in [2.45, 2.75) is 32.9 Å². The molecule has 5 rings (SSSR count). The molecule has 0 bridgehead atoms. The number of furan rings is 1. The summed E-state index contributed by atoms with van der Waals surface area (Å²) in [7, 11) is 0. The van der Waals surface area contributed by atoms with Crippen molar-refractivity contribution in [1.82, 2.24) is 14.8 Å². The summed E-state index contributed by atoms with van der Waals surface area (Å²) in [5.41, 5.74) is 2.58. The zero-order valence-electron chi connectivity index (χ0n) is 17.7. The van der Waals surface area contributed by atoms with Crippen molar-refractivity contribution < 1.29 is 18.7 Å². The first kappa shape index (κ1) is 19.8. The van der Waals surface area contributed by atoms with Crippen LogP contribution in [0.4, 0.5) is 11.4 Å². The molecule has 4 aromatic rings. The normalized spacial score (nSPS) is 15.4. The molecule has 1 aliphatic rings. The van der Waals surface area contributed by atoms with E-state index < -0.39 is 6.10 Å². The molecule has 0 fully saturated rings. The second-order valence-electron chi connectivity index (χ2n) is 7.87. The van der Waals surface area contributed by atoms with Crippen LogP contribution in [0.25, 0.3) is 22.5 Å². The van der Waals surface area contributed by atoms with Crippen molar-refractivity contribution in [2.75, 3.05) is 10.6 Å². The summed E-state index contributed by atoms with van der Waals surface area (Å²) in [6.07, 6.45) is 2.64. The Bertz CT molecular complexity index is 1340. The van der Waals surface area contributed by atoms with E-state index in [2.05, 4.69) is 20.7 Å². The lowest BCUT2D eigenvalue weighted by molar-refractivity contribution is -0.122. The first-order valence-electron chi connectivity index (χ1n) is 10.3. The SMILES string of the molecule is CC1Oc2ccc(NC(=O)c3cc(-c4ccco4)nc4c3cnn4C(C)C)cc2NC1=O. The molecular weight excluding hydrogens is 410 g/mol. The minimum atomic E-state index is -0.564. The Hall–Kier alpha value is -4.14. The van der Waals surface area contributed by atoms with Crippen LogP contribution >= 0.6 is 0 Å². The van der Waals surface area contributed by atoms with Crippen LogP contribution in [-0.2, 0) is 4.79 Å². The van der Waals surface area contributed by atoms with Crippen LogP contribution in [0.15, 0.2) is 53.3 Å². The summed E-state index contributed by atoms with van der Waals surface area (Å²) in [5, 5.41) is 10.7. The van der Waals surface area contributed by atoms with E-state index in [1.165, 1.54) is 0 Å². The average Bonchev–Trinajstić information content (AvgIpc) is 3.44. The number of hydrogen-bond acceptors (Lipinski definition) is 6. The first-order chi connectivity index (χ1) is 15.4. The number of nitrogens with zero attached hydrogens (tertiary/aromatic N) is 3. The van der Waals surface area contributed by atoms with Crippen LogP contribution in [0.5, 0.6) is 5.75 Å². The van der Waals surface area contributed by atoms with E-state index in [0.29, 0.717) is 45.2 Å². The summed E-state index contributed by atoms with van der Waals surface area (Å²) >= 11 is 0. The molecule has 32 heavy (non-hydrogen) atoms. The van der Waals surface area contributed by atoms with Gasteiger partial charge in [-0.05, 0) is 57.2 Å². The number of benzene rings is 1. The number of fused-ring (bicyclic) bond motifs is 2. The monoisotopic (exact) mass is 431 g/mol. The summed E-state index contributed by atoms with van der Waals surface area (Å²) in [5.74, 6) is 0.547. The lowest BCUT2D eigenvalue weighted by Crippen LogP contribution is -2.34. The highest BCUT2D eigenvalue weighted by atomic mass is 16.5. The molecule has 0 aliphatic carbocycles. The van der Waals surface area contributed by atoms with Crippen LogP contribution in [0.1, 0.15) is 37.2 Å². The molecule has 4 heterocycles. The molecule has 0 saturated heterocycles. The third-order valence-electron chi connectivity index (χ3n) is 5.24. The number of pyridine rings is 1. The first-order valence-corrected chi connectivity index (χ1v) is 10.3. The average molecular weight is 431 g/mol. The van der Waals surface area contributed by atoms with Crippen LogP contribution in [0.2, 0.25) is 0 Å². The Kier molecular flexibility index (Phi) is 4.66. The molecule has 0 saturated carbocycles. The predicted molar refractivity (Wildman–Crippen MR) is 119 cm³/mol. The second kappa shape index (κ2) is 7.52. The number of carbonyl (C=O) groups excluding carboxylic acids is 2. The molecule has 1 aliphatic heterocycles. The number of hydrogen-bond donors (Lipinski definition) is 2. The maximum absolute atomic E-state index is 13.3. The van der Waals surface area contributed by atoms with Gasteiger partial charge in [0.05, 0.1) is 29.1 Å². The molecule has 9 nitrogen and oxygen atoms in total. The van der Waals surface area contributed by atoms with Crippen molar-refractivity contribution in [3.05, 3.63) is 54.4 Å². The Labute approximate surface area is 183 Å². The highest BCUT2D eigenvalue weighted by Gasteiger charge is 2.24. The molecule has 1 unspecified atom stereocenters. The molecule has 9 heteroatoms. The molecule has 3 aromatic heterocycles. The molecule has 2 amide bonds. The van der Waals surface area contributed by atoms with Gasteiger partial charge in [0.25, 0.3) is 11.8 Å². The summed E-state index contributed by atoms with van der Waals surface area (Å²) < 4.78 is 12.8. The van der Waals surface area contributed by atoms with Gasteiger partial charge in [-0.3, -0.25) is 9.59 Å². The largest absolute Gasteiger partial charge is 0.479 e. The van der Waals surface area contributed by atoms with Gasteiger partial charge in [-0.25, -0.2) is 9.67 Å². The zero-order valence-corrected chi connectivity index (χ0v) is 17.7. The van der Waals surface area contributed by atoms with Gasteiger partial charge in [0, 0.05) is 11.7 Å². The van der Waals surface area contributed by atoms with Gasteiger partial charge in [0.1, 0.15) is 11.4 Å². The van der Waals surface area contributed by atoms with Gasteiger partial charge in [0.15, 0.2) is 17.5 Å². The van der Waals surface area contributed by atoms with E-state index in [1.54, 1.807) is 60.5 Å². The number of nitrogens with one attached hydrogen (secondary N) is 2. The van der Waals surface area contributed by atoms with Gasteiger partial charge >= 0.3 is 0 Å². The van der Waals surface area contributed by atoms with Crippen LogP contribution in [0, 0.1) is 0 Å². The summed E-state index contributed by atoms with van der Waals surface area (Å²) in [4.78, 5) is 29.9. The summed E-state index contributed by atoms with van der Waals surface area (Å²) in [6, 6.07) is 10.4. The van der Waals surface area contributed by atoms with Crippen molar-refractivity contribution in [3.8, 4) is 17.2 Å². The fourth-order valence-electron chi connectivity index (χ4n) is 3.62. The molecule has 1 atom stereocenters. The van der Waals surface area contributed by atoms with Gasteiger partial charge in [0.2, 0.25) is 0 Å². The van der Waals surface area contributed by atoms with E-state index in [4.69, 9.17) is 9.15 Å². The van der Waals surface area contributed by atoms with Gasteiger partial charge < -0.3 is 19.8 Å². The third-order valence-corrected chi connectivity index (χ3v) is 5.24. The standard InChI is InChI=1S/C23H21N5O4/c1-12(2)28-21-16(11-24-28)15(10-18(26-21)19-5-4-8-31-19)23(30)25-14-6-7-20-17(9-14)27-22(29)13(3)32-20/h4-13H,1-3H3,(H,25,30)(H,27,29). The smallest absolute Gasteiger partial charge is 0.265 e. The van der Waals surface area contributed by atoms with Crippen molar-refractivity contribution in [3.63, 3.8) is 0 Å². The Morgan fingerprint density at radius 2 is 2.09 bits per heavy atom. The number of anilines is 2. The fourth-order valence-corrected chi connectivity index (χ4v) is 3.62. The Morgan fingerprint density at radius 3 is 2.84 bits per heavy atom. The summed E-state index contributed by atoms with van der Waals surface area (Å²) in [6.45, 7) is 5.67. The number of amides is 2. The van der Waals surface area contributed by atoms with E-state index in [1.807, 2.05) is 13.8 Å². The minimum Gasteiger partial charge on any atom is -0.479 e. The zero-order chi connectivity index (χ0) is 22.4. The van der Waals surface area contributed by atoms with Crippen molar-refractivity contribution >= 4 is 34.2 Å². The van der Waals surface area contributed by atoms with Gasteiger partial charge in [-0.15, -0.1) is 0 Å². The minimum absolute atomic E-state index is 0.0643. The van der Waals surface area contributed by atoms with Gasteiger partial charge in [-0.1, -0.05) is 0 Å². The van der Waals surface area contributed by atoms with Crippen LogP contribution in [0.3, 0.4) is 0 Å². The van der Waals surface area contributed by atoms with Crippen LogP contribution in [-0.4, -0.2) is 32.7 Å². The quantitative estimate of drug-likeness (QED) is 0.500. The Morgan fingerprint density at radius 1 is 1.25 bits per heavy atom. The number of rotatable bonds is 4. The number of carbonyl (C=O) groups is 2. The number of aromatic nitrogens is 3. The third kappa shape index (κ3) is 3.37. The van der Waals surface area contributed by atoms with E-state index in [0.717, 1.165) is 0 Å². The maximum atomic E-state index is 13.3. The van der Waals surface area contributed by atoms with E-state index in [-0.39, 0.29) is 17.9 Å². The second-order valence-corrected chi connectivity index (χ2v) is 7.87. The molecule has 162 valence electrons. The van der Waals surface area contributed by atoms with E-state index >= 15 is 0 Å². The molecular formula is C23H21N5O4. The highest BCUT2D eigenvalue weighted by Crippen LogP contribution is 2.33. The van der Waals surface area contributed by atoms with Crippen molar-refractivity contribution in [2.24, 2.45) is 0 Å². The molecule has 0 radical (unpaired) electrons. The lowest BCUT2D eigenvalue weighted by atomic mass is 10.1. The highest BCUT2D eigenvalue weighted by molar-refractivity contribution is 6.13. The topological polar surface area (TPSA) is 111 Å². The fraction of sp³-hybridized carbons (Fsp3) is 0.217.